The summed E-state index contributed by atoms with van der Waals surface area (Å²) < 4.78 is 0. The summed E-state index contributed by atoms with van der Waals surface area (Å²) in [4.78, 5) is 31.5. The molecule has 5 nitrogen and oxygen atoms in total. The van der Waals surface area contributed by atoms with Gasteiger partial charge in [0.05, 0.1) is 22.8 Å². The van der Waals surface area contributed by atoms with E-state index < -0.39 is 5.54 Å². The Morgan fingerprint density at radius 3 is 2.58 bits per heavy atom. The van der Waals surface area contributed by atoms with Crippen LogP contribution in [0.3, 0.4) is 0 Å². The Hall–Kier alpha value is -2.14. The third-order valence-electron chi connectivity index (χ3n) is 5.66. The lowest BCUT2D eigenvalue weighted by atomic mass is 9.90. The van der Waals surface area contributed by atoms with Crippen LogP contribution in [0.5, 0.6) is 0 Å². The molecule has 26 heavy (non-hydrogen) atoms. The number of nitrogens with zero attached hydrogens (tertiary/aromatic N) is 2. The van der Waals surface area contributed by atoms with E-state index in [1.807, 2.05) is 31.2 Å². The topological polar surface area (TPSA) is 62.3 Å². The number of aryl methyl sites for hydroxylation is 1. The lowest BCUT2D eigenvalue weighted by Crippen LogP contribution is -2.46. The lowest BCUT2D eigenvalue weighted by Gasteiger charge is -2.24. The molecule has 2 aromatic rings. The number of imide groups is 1. The minimum atomic E-state index is -0.730. The van der Waals surface area contributed by atoms with Crippen LogP contribution in [0.4, 0.5) is 4.79 Å². The maximum absolute atomic E-state index is 13.1. The highest BCUT2D eigenvalue weighted by Gasteiger charge is 2.50. The first-order chi connectivity index (χ1) is 12.5. The number of carbonyl (C=O) groups is 2. The van der Waals surface area contributed by atoms with Crippen LogP contribution in [0.1, 0.15) is 49.8 Å². The molecule has 1 saturated heterocycles. The van der Waals surface area contributed by atoms with Gasteiger partial charge in [-0.05, 0) is 31.4 Å². The minimum absolute atomic E-state index is 0.108. The maximum atomic E-state index is 13.1. The van der Waals surface area contributed by atoms with E-state index >= 15 is 0 Å². The highest BCUT2D eigenvalue weighted by atomic mass is 35.5. The van der Waals surface area contributed by atoms with Crippen LogP contribution in [0, 0.1) is 6.92 Å². The van der Waals surface area contributed by atoms with E-state index in [0.29, 0.717) is 23.6 Å². The molecule has 1 aromatic carbocycles. The Bertz CT molecular complexity index is 888. The Morgan fingerprint density at radius 1 is 1.15 bits per heavy atom. The van der Waals surface area contributed by atoms with Gasteiger partial charge in [0.25, 0.3) is 5.91 Å². The Kier molecular flexibility index (Phi) is 4.35. The molecule has 0 bridgehead atoms. The number of rotatable bonds is 2. The standard InChI is InChI=1S/C20H22ClN3O2/c1-13-14-8-4-5-9-15(14)22-16(17(13)21)12-24-18(25)20(23-19(24)26)10-6-2-3-7-11-20/h4-5,8-9H,2-3,6-7,10-12H2,1H3,(H,23,26). The van der Waals surface area contributed by atoms with Crippen molar-refractivity contribution in [1.29, 1.82) is 0 Å². The largest absolute Gasteiger partial charge is 0.325 e. The van der Waals surface area contributed by atoms with Crippen LogP contribution >= 0.6 is 11.6 Å². The average molecular weight is 372 g/mol. The second kappa shape index (κ2) is 6.54. The van der Waals surface area contributed by atoms with Gasteiger partial charge in [-0.1, -0.05) is 55.5 Å². The Balaban J connectivity index is 1.67. The first-order valence-corrected chi connectivity index (χ1v) is 9.57. The second-order valence-electron chi connectivity index (χ2n) is 7.33. The molecule has 0 unspecified atom stereocenters. The van der Waals surface area contributed by atoms with E-state index in [0.717, 1.165) is 42.1 Å². The summed E-state index contributed by atoms with van der Waals surface area (Å²) in [6, 6.07) is 7.42. The number of hydrogen-bond donors (Lipinski definition) is 1. The predicted molar refractivity (Wildman–Crippen MR) is 101 cm³/mol. The lowest BCUT2D eigenvalue weighted by molar-refractivity contribution is -0.132. The van der Waals surface area contributed by atoms with Crippen molar-refractivity contribution in [2.24, 2.45) is 0 Å². The summed E-state index contributed by atoms with van der Waals surface area (Å²) >= 11 is 6.52. The number of nitrogens with one attached hydrogen (secondary N) is 1. The van der Waals surface area contributed by atoms with E-state index in [2.05, 4.69) is 10.3 Å². The summed E-state index contributed by atoms with van der Waals surface area (Å²) in [5.74, 6) is -0.131. The van der Waals surface area contributed by atoms with Crippen molar-refractivity contribution in [1.82, 2.24) is 15.2 Å². The summed E-state index contributed by atoms with van der Waals surface area (Å²) in [5.41, 5.74) is 1.58. The van der Waals surface area contributed by atoms with Crippen molar-refractivity contribution in [3.8, 4) is 0 Å². The molecule has 2 heterocycles. The zero-order valence-corrected chi connectivity index (χ0v) is 15.6. The second-order valence-corrected chi connectivity index (χ2v) is 7.71. The molecule has 1 aliphatic heterocycles. The molecule has 0 atom stereocenters. The van der Waals surface area contributed by atoms with Crippen LogP contribution < -0.4 is 5.32 Å². The van der Waals surface area contributed by atoms with Crippen molar-refractivity contribution in [2.45, 2.75) is 57.5 Å². The molecule has 1 aliphatic carbocycles. The number of urea groups is 1. The van der Waals surface area contributed by atoms with E-state index in [1.54, 1.807) is 0 Å². The zero-order chi connectivity index (χ0) is 18.3. The molecule has 3 amide bonds. The number of aromatic nitrogens is 1. The van der Waals surface area contributed by atoms with Crippen molar-refractivity contribution >= 4 is 34.4 Å². The van der Waals surface area contributed by atoms with Gasteiger partial charge in [-0.3, -0.25) is 9.69 Å². The third kappa shape index (κ3) is 2.75. The molecule has 1 N–H and O–H groups in total. The number of para-hydroxylation sites is 1. The number of fused-ring (bicyclic) bond motifs is 1. The van der Waals surface area contributed by atoms with Crippen LogP contribution in [0.15, 0.2) is 24.3 Å². The summed E-state index contributed by atoms with van der Waals surface area (Å²) in [5, 5.41) is 4.47. The molecular formula is C20H22ClN3O2. The smallest absolute Gasteiger partial charge is 0.323 e. The summed E-state index contributed by atoms with van der Waals surface area (Å²) in [6.07, 6.45) is 5.59. The number of hydrogen-bond acceptors (Lipinski definition) is 3. The number of carbonyl (C=O) groups excluding carboxylic acids is 2. The Morgan fingerprint density at radius 2 is 1.85 bits per heavy atom. The van der Waals surface area contributed by atoms with Crippen LogP contribution in [-0.4, -0.2) is 27.4 Å². The number of pyridine rings is 1. The fourth-order valence-corrected chi connectivity index (χ4v) is 4.37. The number of benzene rings is 1. The van der Waals surface area contributed by atoms with Gasteiger partial charge >= 0.3 is 6.03 Å². The van der Waals surface area contributed by atoms with Gasteiger partial charge < -0.3 is 5.32 Å². The first-order valence-electron chi connectivity index (χ1n) is 9.20. The molecule has 4 rings (SSSR count). The fourth-order valence-electron chi connectivity index (χ4n) is 4.16. The predicted octanol–water partition coefficient (Wildman–Crippen LogP) is 4.34. The highest BCUT2D eigenvalue weighted by molar-refractivity contribution is 6.32. The number of halogens is 1. The van der Waals surface area contributed by atoms with E-state index in [-0.39, 0.29) is 18.5 Å². The monoisotopic (exact) mass is 371 g/mol. The molecule has 2 fully saturated rings. The van der Waals surface area contributed by atoms with Gasteiger partial charge in [-0.15, -0.1) is 0 Å². The summed E-state index contributed by atoms with van der Waals surface area (Å²) in [6.45, 7) is 2.05. The van der Waals surface area contributed by atoms with Crippen LogP contribution in [0.2, 0.25) is 5.02 Å². The fraction of sp³-hybridized carbons (Fsp3) is 0.450. The van der Waals surface area contributed by atoms with Crippen LogP contribution in [-0.2, 0) is 11.3 Å². The Labute approximate surface area is 157 Å². The van der Waals surface area contributed by atoms with Gasteiger partial charge in [-0.2, -0.15) is 0 Å². The maximum Gasteiger partial charge on any atom is 0.325 e. The quantitative estimate of drug-likeness (QED) is 0.798. The molecule has 1 aromatic heterocycles. The van der Waals surface area contributed by atoms with Crippen molar-refractivity contribution in [3.05, 3.63) is 40.5 Å². The third-order valence-corrected chi connectivity index (χ3v) is 6.16. The van der Waals surface area contributed by atoms with Crippen molar-refractivity contribution in [2.75, 3.05) is 0 Å². The molecule has 1 spiro atoms. The minimum Gasteiger partial charge on any atom is -0.323 e. The van der Waals surface area contributed by atoms with Crippen molar-refractivity contribution in [3.63, 3.8) is 0 Å². The first kappa shape index (κ1) is 17.3. The highest BCUT2D eigenvalue weighted by Crippen LogP contribution is 2.34. The molecule has 6 heteroatoms. The van der Waals surface area contributed by atoms with E-state index in [1.165, 1.54) is 4.90 Å². The van der Waals surface area contributed by atoms with Crippen molar-refractivity contribution < 1.29 is 9.59 Å². The molecule has 0 radical (unpaired) electrons. The average Bonchev–Trinajstić information content (AvgIpc) is 2.81. The van der Waals surface area contributed by atoms with Gasteiger partial charge in [0, 0.05) is 5.39 Å². The zero-order valence-electron chi connectivity index (χ0n) is 14.8. The molecule has 2 aliphatic rings. The normalized spacial score (nSPS) is 19.8. The van der Waals surface area contributed by atoms with Gasteiger partial charge in [0.15, 0.2) is 0 Å². The SMILES string of the molecule is Cc1c(Cl)c(CN2C(=O)NC3(CCCCCC3)C2=O)nc2ccccc12. The van der Waals surface area contributed by atoms with E-state index in [9.17, 15) is 9.59 Å². The molecule has 1 saturated carbocycles. The van der Waals surface area contributed by atoms with Crippen LogP contribution in [0.25, 0.3) is 10.9 Å². The molecular weight excluding hydrogens is 350 g/mol. The van der Waals surface area contributed by atoms with E-state index in [4.69, 9.17) is 11.6 Å². The number of amides is 3. The summed E-state index contributed by atoms with van der Waals surface area (Å²) in [7, 11) is 0. The van der Waals surface area contributed by atoms with Gasteiger partial charge in [0.1, 0.15) is 5.54 Å². The van der Waals surface area contributed by atoms with Gasteiger partial charge in [-0.25, -0.2) is 9.78 Å². The van der Waals surface area contributed by atoms with Gasteiger partial charge in [0.2, 0.25) is 0 Å². The molecule has 136 valence electrons.